The van der Waals surface area contributed by atoms with E-state index in [1.807, 2.05) is 32.0 Å². The molecule has 2 heterocycles. The third kappa shape index (κ3) is 4.29. The van der Waals surface area contributed by atoms with Crippen molar-refractivity contribution >= 4 is 5.82 Å². The quantitative estimate of drug-likeness (QED) is 0.693. The SMILES string of the molecule is Cc1nc(-c2ccccn2)nc(NCCOc2ccc(F)cc2)c1C. The van der Waals surface area contributed by atoms with Crippen molar-refractivity contribution in [1.29, 1.82) is 0 Å². The Morgan fingerprint density at radius 3 is 2.56 bits per heavy atom. The van der Waals surface area contributed by atoms with Crippen LogP contribution in [0.15, 0.2) is 48.7 Å². The lowest BCUT2D eigenvalue weighted by molar-refractivity contribution is 0.332. The van der Waals surface area contributed by atoms with Gasteiger partial charge in [0.15, 0.2) is 5.82 Å². The van der Waals surface area contributed by atoms with Crippen LogP contribution in [-0.2, 0) is 0 Å². The van der Waals surface area contributed by atoms with E-state index in [1.165, 1.54) is 12.1 Å². The van der Waals surface area contributed by atoms with E-state index in [-0.39, 0.29) is 5.82 Å². The summed E-state index contributed by atoms with van der Waals surface area (Å²) in [6.45, 7) is 4.92. The van der Waals surface area contributed by atoms with Crippen LogP contribution in [0.5, 0.6) is 5.75 Å². The predicted octanol–water partition coefficient (Wildman–Crippen LogP) is 3.79. The number of ether oxygens (including phenoxy) is 1. The number of benzene rings is 1. The van der Waals surface area contributed by atoms with Crippen molar-refractivity contribution in [2.45, 2.75) is 13.8 Å². The fourth-order valence-corrected chi connectivity index (χ4v) is 2.28. The molecule has 0 spiro atoms. The number of halogens is 1. The van der Waals surface area contributed by atoms with Crippen LogP contribution < -0.4 is 10.1 Å². The van der Waals surface area contributed by atoms with Crippen LogP contribution in [0.1, 0.15) is 11.3 Å². The zero-order valence-corrected chi connectivity index (χ0v) is 14.2. The van der Waals surface area contributed by atoms with Gasteiger partial charge in [0.1, 0.15) is 29.7 Å². The second-order valence-corrected chi connectivity index (χ2v) is 5.55. The van der Waals surface area contributed by atoms with Crippen molar-refractivity contribution in [3.8, 4) is 17.3 Å². The lowest BCUT2D eigenvalue weighted by Gasteiger charge is -2.12. The summed E-state index contributed by atoms with van der Waals surface area (Å²) in [5.74, 6) is 1.70. The summed E-state index contributed by atoms with van der Waals surface area (Å²) in [5.41, 5.74) is 2.62. The van der Waals surface area contributed by atoms with Crippen LogP contribution in [0.2, 0.25) is 0 Å². The van der Waals surface area contributed by atoms with Crippen molar-refractivity contribution in [2.75, 3.05) is 18.5 Å². The van der Waals surface area contributed by atoms with Gasteiger partial charge < -0.3 is 10.1 Å². The first-order valence-electron chi connectivity index (χ1n) is 8.02. The third-order valence-corrected chi connectivity index (χ3v) is 3.76. The monoisotopic (exact) mass is 338 g/mol. The topological polar surface area (TPSA) is 59.9 Å². The van der Waals surface area contributed by atoms with E-state index in [0.717, 1.165) is 22.8 Å². The summed E-state index contributed by atoms with van der Waals surface area (Å²) in [5, 5.41) is 3.27. The summed E-state index contributed by atoms with van der Waals surface area (Å²) in [6.07, 6.45) is 1.72. The number of aromatic nitrogens is 3. The number of pyridine rings is 1. The molecule has 2 aromatic heterocycles. The van der Waals surface area contributed by atoms with Crippen molar-refractivity contribution in [1.82, 2.24) is 15.0 Å². The Kier molecular flexibility index (Phi) is 5.18. The molecule has 0 aliphatic rings. The highest BCUT2D eigenvalue weighted by atomic mass is 19.1. The van der Waals surface area contributed by atoms with Gasteiger partial charge in [0, 0.05) is 17.5 Å². The molecule has 0 unspecified atom stereocenters. The van der Waals surface area contributed by atoms with E-state index < -0.39 is 0 Å². The molecule has 0 aliphatic heterocycles. The molecule has 128 valence electrons. The summed E-state index contributed by atoms with van der Waals surface area (Å²) < 4.78 is 18.5. The highest BCUT2D eigenvalue weighted by Crippen LogP contribution is 2.20. The second kappa shape index (κ2) is 7.70. The van der Waals surface area contributed by atoms with Gasteiger partial charge in [0.2, 0.25) is 0 Å². The minimum absolute atomic E-state index is 0.278. The highest BCUT2D eigenvalue weighted by molar-refractivity contribution is 5.56. The molecular weight excluding hydrogens is 319 g/mol. The van der Waals surface area contributed by atoms with Gasteiger partial charge in [0.25, 0.3) is 0 Å². The van der Waals surface area contributed by atoms with Crippen molar-refractivity contribution in [3.63, 3.8) is 0 Å². The minimum atomic E-state index is -0.278. The Morgan fingerprint density at radius 1 is 1.04 bits per heavy atom. The summed E-state index contributed by atoms with van der Waals surface area (Å²) in [6, 6.07) is 11.6. The summed E-state index contributed by atoms with van der Waals surface area (Å²) in [4.78, 5) is 13.4. The average Bonchev–Trinajstić information content (AvgIpc) is 2.64. The maximum atomic E-state index is 12.9. The third-order valence-electron chi connectivity index (χ3n) is 3.76. The number of hydrogen-bond donors (Lipinski definition) is 1. The largest absolute Gasteiger partial charge is 0.492 e. The Hall–Kier alpha value is -3.02. The fraction of sp³-hybridized carbons (Fsp3) is 0.211. The molecule has 6 heteroatoms. The van der Waals surface area contributed by atoms with Gasteiger partial charge in [-0.15, -0.1) is 0 Å². The van der Waals surface area contributed by atoms with E-state index in [9.17, 15) is 4.39 Å². The predicted molar refractivity (Wildman–Crippen MR) is 95.1 cm³/mol. The van der Waals surface area contributed by atoms with Crippen LogP contribution in [-0.4, -0.2) is 28.1 Å². The molecule has 0 saturated carbocycles. The molecule has 0 saturated heterocycles. The first-order chi connectivity index (χ1) is 12.1. The molecule has 0 atom stereocenters. The van der Waals surface area contributed by atoms with Crippen molar-refractivity contribution < 1.29 is 9.13 Å². The van der Waals surface area contributed by atoms with E-state index in [1.54, 1.807) is 18.3 Å². The molecule has 1 aromatic carbocycles. The molecule has 3 aromatic rings. The number of anilines is 1. The van der Waals surface area contributed by atoms with Crippen LogP contribution >= 0.6 is 0 Å². The molecule has 0 amide bonds. The lowest BCUT2D eigenvalue weighted by Crippen LogP contribution is -2.14. The summed E-state index contributed by atoms with van der Waals surface area (Å²) >= 11 is 0. The molecule has 0 radical (unpaired) electrons. The number of aryl methyl sites for hydroxylation is 1. The van der Waals surface area contributed by atoms with E-state index in [2.05, 4.69) is 20.3 Å². The Balaban J connectivity index is 1.65. The van der Waals surface area contributed by atoms with E-state index in [0.29, 0.717) is 24.7 Å². The van der Waals surface area contributed by atoms with Gasteiger partial charge in [-0.05, 0) is 50.2 Å². The Morgan fingerprint density at radius 2 is 1.84 bits per heavy atom. The lowest BCUT2D eigenvalue weighted by atomic mass is 10.2. The maximum Gasteiger partial charge on any atom is 0.180 e. The molecule has 0 fully saturated rings. The molecule has 1 N–H and O–H groups in total. The normalized spacial score (nSPS) is 10.5. The van der Waals surface area contributed by atoms with Gasteiger partial charge in [-0.25, -0.2) is 14.4 Å². The average molecular weight is 338 g/mol. The zero-order chi connectivity index (χ0) is 17.6. The van der Waals surface area contributed by atoms with Crippen LogP contribution in [0.4, 0.5) is 10.2 Å². The van der Waals surface area contributed by atoms with Crippen LogP contribution in [0, 0.1) is 19.7 Å². The minimum Gasteiger partial charge on any atom is -0.492 e. The molecule has 0 bridgehead atoms. The number of nitrogens with one attached hydrogen (secondary N) is 1. The van der Waals surface area contributed by atoms with Crippen molar-refractivity contribution in [3.05, 3.63) is 65.7 Å². The number of hydrogen-bond acceptors (Lipinski definition) is 5. The van der Waals surface area contributed by atoms with Crippen LogP contribution in [0.3, 0.4) is 0 Å². The van der Waals surface area contributed by atoms with Gasteiger partial charge in [-0.2, -0.15) is 0 Å². The molecule has 5 nitrogen and oxygen atoms in total. The van der Waals surface area contributed by atoms with E-state index >= 15 is 0 Å². The molecule has 3 rings (SSSR count). The van der Waals surface area contributed by atoms with Gasteiger partial charge >= 0.3 is 0 Å². The molecule has 0 aliphatic carbocycles. The Bertz CT molecular complexity index is 838. The van der Waals surface area contributed by atoms with Crippen LogP contribution in [0.25, 0.3) is 11.5 Å². The van der Waals surface area contributed by atoms with Gasteiger partial charge in [-0.1, -0.05) is 6.07 Å². The number of nitrogens with zero attached hydrogens (tertiary/aromatic N) is 3. The maximum absolute atomic E-state index is 12.9. The first-order valence-corrected chi connectivity index (χ1v) is 8.02. The fourth-order valence-electron chi connectivity index (χ4n) is 2.28. The summed E-state index contributed by atoms with van der Waals surface area (Å²) in [7, 11) is 0. The second-order valence-electron chi connectivity index (χ2n) is 5.55. The zero-order valence-electron chi connectivity index (χ0n) is 14.2. The van der Waals surface area contributed by atoms with Gasteiger partial charge in [-0.3, -0.25) is 4.98 Å². The van der Waals surface area contributed by atoms with Gasteiger partial charge in [0.05, 0.1) is 6.54 Å². The number of rotatable bonds is 6. The molecule has 25 heavy (non-hydrogen) atoms. The Labute approximate surface area is 145 Å². The first kappa shape index (κ1) is 16.8. The standard InChI is InChI=1S/C19H19FN4O/c1-13-14(2)23-19(17-5-3-4-10-21-17)24-18(13)22-11-12-25-16-8-6-15(20)7-9-16/h3-10H,11-12H2,1-2H3,(H,22,23,24). The smallest absolute Gasteiger partial charge is 0.180 e. The highest BCUT2D eigenvalue weighted by Gasteiger charge is 2.10. The van der Waals surface area contributed by atoms with E-state index in [4.69, 9.17) is 4.74 Å². The molecular formula is C19H19FN4O. The van der Waals surface area contributed by atoms with Crippen molar-refractivity contribution in [2.24, 2.45) is 0 Å².